The first-order chi connectivity index (χ1) is 12.0. The molecule has 1 saturated heterocycles. The third-order valence-corrected chi connectivity index (χ3v) is 6.35. The molecule has 2 aromatic carbocycles. The highest BCUT2D eigenvalue weighted by Gasteiger charge is 2.22. The minimum Gasteiger partial charge on any atom is -0.371 e. The highest BCUT2D eigenvalue weighted by molar-refractivity contribution is 7.88. The van der Waals surface area contributed by atoms with Crippen molar-refractivity contribution < 1.29 is 12.8 Å². The van der Waals surface area contributed by atoms with Gasteiger partial charge in [-0.25, -0.2) is 17.1 Å². The van der Waals surface area contributed by atoms with Gasteiger partial charge in [-0.3, -0.25) is 0 Å². The van der Waals surface area contributed by atoms with Crippen LogP contribution in [0.4, 0.5) is 10.1 Å². The molecule has 2 aromatic rings. The Balaban J connectivity index is 1.75. The number of halogens is 1. The van der Waals surface area contributed by atoms with Gasteiger partial charge in [0.05, 0.1) is 5.75 Å². The van der Waals surface area contributed by atoms with Crippen molar-refractivity contribution in [3.8, 4) is 0 Å². The Kier molecular flexibility index (Phi) is 5.39. The highest BCUT2D eigenvalue weighted by atomic mass is 32.2. The van der Waals surface area contributed by atoms with E-state index in [0.717, 1.165) is 24.3 Å². The normalized spacial score (nSPS) is 15.1. The third kappa shape index (κ3) is 4.38. The SMILES string of the molecule is CN(Cc1ccccc1N1CCCC1)S(=O)(=O)Cc1ccc(F)cc1. The van der Waals surface area contributed by atoms with Crippen molar-refractivity contribution in [2.75, 3.05) is 25.0 Å². The van der Waals surface area contributed by atoms with Crippen LogP contribution < -0.4 is 4.90 Å². The first-order valence-corrected chi connectivity index (χ1v) is 10.1. The second kappa shape index (κ2) is 7.54. The molecule has 0 atom stereocenters. The van der Waals surface area contributed by atoms with Gasteiger partial charge in [0.25, 0.3) is 0 Å². The number of nitrogens with zero attached hydrogens (tertiary/aromatic N) is 2. The fourth-order valence-corrected chi connectivity index (χ4v) is 4.32. The molecule has 0 aliphatic carbocycles. The van der Waals surface area contributed by atoms with E-state index in [1.165, 1.54) is 41.4 Å². The number of sulfonamides is 1. The zero-order valence-electron chi connectivity index (χ0n) is 14.4. The second-order valence-electron chi connectivity index (χ2n) is 6.46. The van der Waals surface area contributed by atoms with Crippen molar-refractivity contribution >= 4 is 15.7 Å². The molecular formula is C19H23FN2O2S. The van der Waals surface area contributed by atoms with E-state index in [4.69, 9.17) is 0 Å². The lowest BCUT2D eigenvalue weighted by atomic mass is 10.1. The molecule has 0 aromatic heterocycles. The van der Waals surface area contributed by atoms with Crippen LogP contribution in [0, 0.1) is 5.82 Å². The molecule has 3 rings (SSSR count). The average molecular weight is 362 g/mol. The van der Waals surface area contributed by atoms with Gasteiger partial charge < -0.3 is 4.90 Å². The van der Waals surface area contributed by atoms with Crippen LogP contribution in [0.25, 0.3) is 0 Å². The van der Waals surface area contributed by atoms with Gasteiger partial charge in [0.15, 0.2) is 0 Å². The maximum atomic E-state index is 13.0. The minimum absolute atomic E-state index is 0.129. The molecule has 1 aliphatic rings. The van der Waals surface area contributed by atoms with Crippen LogP contribution in [0.3, 0.4) is 0 Å². The largest absolute Gasteiger partial charge is 0.371 e. The molecule has 0 bridgehead atoms. The van der Waals surface area contributed by atoms with E-state index in [-0.39, 0.29) is 11.6 Å². The van der Waals surface area contributed by atoms with Crippen LogP contribution in [0.1, 0.15) is 24.0 Å². The van der Waals surface area contributed by atoms with E-state index >= 15 is 0 Å². The van der Waals surface area contributed by atoms with Gasteiger partial charge >= 0.3 is 0 Å². The molecule has 1 fully saturated rings. The molecule has 25 heavy (non-hydrogen) atoms. The van der Waals surface area contributed by atoms with Gasteiger partial charge in [-0.1, -0.05) is 30.3 Å². The summed E-state index contributed by atoms with van der Waals surface area (Å²) in [6.07, 6.45) is 2.35. The number of anilines is 1. The van der Waals surface area contributed by atoms with Crippen molar-refractivity contribution in [2.24, 2.45) is 0 Å². The van der Waals surface area contributed by atoms with Crippen LogP contribution in [0.15, 0.2) is 48.5 Å². The summed E-state index contributed by atoms with van der Waals surface area (Å²) in [5, 5.41) is 0. The molecule has 0 N–H and O–H groups in total. The first-order valence-electron chi connectivity index (χ1n) is 8.47. The molecule has 6 heteroatoms. The molecule has 1 heterocycles. The van der Waals surface area contributed by atoms with Gasteiger partial charge in [-0.15, -0.1) is 0 Å². The molecule has 0 saturated carbocycles. The monoisotopic (exact) mass is 362 g/mol. The fourth-order valence-electron chi connectivity index (χ4n) is 3.15. The van der Waals surface area contributed by atoms with Crippen LogP contribution in [0.2, 0.25) is 0 Å². The standard InChI is InChI=1S/C19H23FN2O2S/c1-21(25(23,24)15-16-8-10-18(20)11-9-16)14-17-6-2-3-7-19(17)22-12-4-5-13-22/h2-3,6-11H,4-5,12-15H2,1H3. The van der Waals surface area contributed by atoms with Crippen molar-refractivity contribution in [3.05, 3.63) is 65.5 Å². The van der Waals surface area contributed by atoms with Crippen LogP contribution in [0.5, 0.6) is 0 Å². The Morgan fingerprint density at radius 1 is 1.04 bits per heavy atom. The van der Waals surface area contributed by atoms with Crippen molar-refractivity contribution in [1.29, 1.82) is 0 Å². The van der Waals surface area contributed by atoms with Crippen molar-refractivity contribution in [2.45, 2.75) is 25.1 Å². The van der Waals surface area contributed by atoms with Gasteiger partial charge in [-0.05, 0) is 42.2 Å². The second-order valence-corrected chi connectivity index (χ2v) is 8.54. The molecule has 1 aliphatic heterocycles. The number of hydrogen-bond acceptors (Lipinski definition) is 3. The Morgan fingerprint density at radius 3 is 2.36 bits per heavy atom. The van der Waals surface area contributed by atoms with E-state index in [9.17, 15) is 12.8 Å². The quantitative estimate of drug-likeness (QED) is 0.791. The summed E-state index contributed by atoms with van der Waals surface area (Å²) >= 11 is 0. The number of para-hydroxylation sites is 1. The van der Waals surface area contributed by atoms with Crippen molar-refractivity contribution in [1.82, 2.24) is 4.31 Å². The van der Waals surface area contributed by atoms with Gasteiger partial charge in [0, 0.05) is 32.4 Å². The summed E-state index contributed by atoms with van der Waals surface area (Å²) in [5.41, 5.74) is 2.71. The molecular weight excluding hydrogens is 339 g/mol. The fraction of sp³-hybridized carbons (Fsp3) is 0.368. The van der Waals surface area contributed by atoms with Gasteiger partial charge in [0.1, 0.15) is 5.82 Å². The van der Waals surface area contributed by atoms with E-state index in [2.05, 4.69) is 11.0 Å². The van der Waals surface area contributed by atoms with Gasteiger partial charge in [0.2, 0.25) is 10.0 Å². The summed E-state index contributed by atoms with van der Waals surface area (Å²) in [5.74, 6) is -0.496. The summed E-state index contributed by atoms with van der Waals surface area (Å²) in [4.78, 5) is 2.32. The summed E-state index contributed by atoms with van der Waals surface area (Å²) in [7, 11) is -1.88. The third-order valence-electron chi connectivity index (χ3n) is 4.57. The molecule has 0 unspecified atom stereocenters. The van der Waals surface area contributed by atoms with E-state index < -0.39 is 10.0 Å². The lowest BCUT2D eigenvalue weighted by Gasteiger charge is -2.24. The maximum Gasteiger partial charge on any atom is 0.218 e. The topological polar surface area (TPSA) is 40.6 Å². The Bertz CT molecular complexity index is 816. The molecule has 0 spiro atoms. The lowest BCUT2D eigenvalue weighted by molar-refractivity contribution is 0.466. The zero-order valence-corrected chi connectivity index (χ0v) is 15.2. The Morgan fingerprint density at radius 2 is 1.68 bits per heavy atom. The van der Waals surface area contributed by atoms with Crippen LogP contribution >= 0.6 is 0 Å². The van der Waals surface area contributed by atoms with E-state index in [1.807, 2.05) is 18.2 Å². The van der Waals surface area contributed by atoms with E-state index in [0.29, 0.717) is 12.1 Å². The minimum atomic E-state index is -3.47. The summed E-state index contributed by atoms with van der Waals surface area (Å²) in [6.45, 7) is 2.36. The summed E-state index contributed by atoms with van der Waals surface area (Å²) < 4.78 is 39.7. The Labute approximate surface area is 148 Å². The lowest BCUT2D eigenvalue weighted by Crippen LogP contribution is -2.29. The maximum absolute atomic E-state index is 13.0. The molecule has 0 amide bonds. The molecule has 4 nitrogen and oxygen atoms in total. The van der Waals surface area contributed by atoms with Crippen molar-refractivity contribution in [3.63, 3.8) is 0 Å². The predicted octanol–water partition coefficient (Wildman–Crippen LogP) is 3.39. The number of benzene rings is 2. The van der Waals surface area contributed by atoms with E-state index in [1.54, 1.807) is 7.05 Å². The average Bonchev–Trinajstić information content (AvgIpc) is 3.11. The Hall–Kier alpha value is -1.92. The van der Waals surface area contributed by atoms with Gasteiger partial charge in [-0.2, -0.15) is 0 Å². The zero-order chi connectivity index (χ0) is 17.9. The summed E-state index contributed by atoms with van der Waals surface area (Å²) in [6, 6.07) is 13.6. The first kappa shape index (κ1) is 17.9. The van der Waals surface area contributed by atoms with Crippen LogP contribution in [-0.2, 0) is 22.3 Å². The number of hydrogen-bond donors (Lipinski definition) is 0. The van der Waals surface area contributed by atoms with Crippen LogP contribution in [-0.4, -0.2) is 32.9 Å². The smallest absolute Gasteiger partial charge is 0.218 e. The molecule has 0 radical (unpaired) electrons. The number of rotatable bonds is 6. The predicted molar refractivity (Wildman–Crippen MR) is 98.4 cm³/mol. The molecule has 134 valence electrons. The highest BCUT2D eigenvalue weighted by Crippen LogP contribution is 2.26.